The molecule has 6 heteroatoms. The van der Waals surface area contributed by atoms with Crippen molar-refractivity contribution in [3.63, 3.8) is 0 Å². The zero-order valence-corrected chi connectivity index (χ0v) is 18.4. The van der Waals surface area contributed by atoms with Crippen LogP contribution in [0.4, 0.5) is 8.78 Å². The first-order chi connectivity index (χ1) is 15.6. The quantitative estimate of drug-likeness (QED) is 0.676. The first kappa shape index (κ1) is 22.6. The maximum absolute atomic E-state index is 14.0. The topological polar surface area (TPSA) is 26.8 Å². The van der Waals surface area contributed by atoms with Gasteiger partial charge in [-0.1, -0.05) is 48.6 Å². The Morgan fingerprint density at radius 1 is 0.938 bits per heavy atom. The fraction of sp³-hybridized carbons (Fsp3) is 0.423. The molecular formula is C26H31F2N3O. The van der Waals surface area contributed by atoms with Crippen molar-refractivity contribution in [1.29, 1.82) is 0 Å². The lowest BCUT2D eigenvalue weighted by atomic mass is 10.1. The number of amides is 1. The Morgan fingerprint density at radius 2 is 1.72 bits per heavy atom. The molecule has 2 aromatic carbocycles. The second kappa shape index (κ2) is 10.8. The summed E-state index contributed by atoms with van der Waals surface area (Å²) in [6.45, 7) is 5.82. The fourth-order valence-corrected chi connectivity index (χ4v) is 4.62. The molecule has 0 bridgehead atoms. The normalized spacial score (nSPS) is 21.2. The number of carbonyl (C=O) groups is 1. The highest BCUT2D eigenvalue weighted by Gasteiger charge is 2.28. The van der Waals surface area contributed by atoms with Gasteiger partial charge in [-0.2, -0.15) is 0 Å². The minimum atomic E-state index is -0.594. The van der Waals surface area contributed by atoms with Crippen LogP contribution in [-0.4, -0.2) is 65.9 Å². The largest absolute Gasteiger partial charge is 0.338 e. The van der Waals surface area contributed by atoms with Crippen molar-refractivity contribution in [2.75, 3.05) is 39.3 Å². The number of rotatable bonds is 6. The molecule has 2 aromatic rings. The van der Waals surface area contributed by atoms with Gasteiger partial charge in [-0.15, -0.1) is 0 Å². The van der Waals surface area contributed by atoms with Gasteiger partial charge in [-0.25, -0.2) is 8.78 Å². The molecule has 0 N–H and O–H groups in total. The van der Waals surface area contributed by atoms with Gasteiger partial charge in [-0.05, 0) is 24.5 Å². The van der Waals surface area contributed by atoms with Crippen LogP contribution in [0.5, 0.6) is 0 Å². The molecule has 0 saturated carbocycles. The lowest BCUT2D eigenvalue weighted by Crippen LogP contribution is -2.50. The number of hydrogen-bond donors (Lipinski definition) is 0. The number of benzene rings is 2. The summed E-state index contributed by atoms with van der Waals surface area (Å²) in [6.07, 6.45) is 6.61. The molecule has 0 radical (unpaired) electrons. The van der Waals surface area contributed by atoms with Crippen LogP contribution in [0, 0.1) is 11.6 Å². The minimum absolute atomic E-state index is 0.0564. The maximum atomic E-state index is 14.0. The summed E-state index contributed by atoms with van der Waals surface area (Å²) in [5.41, 5.74) is 1.59. The van der Waals surface area contributed by atoms with Gasteiger partial charge in [0.1, 0.15) is 11.6 Å². The lowest BCUT2D eigenvalue weighted by Gasteiger charge is -2.38. The predicted molar refractivity (Wildman–Crippen MR) is 123 cm³/mol. The first-order valence-corrected chi connectivity index (χ1v) is 11.5. The van der Waals surface area contributed by atoms with Gasteiger partial charge in [0.05, 0.1) is 0 Å². The van der Waals surface area contributed by atoms with Crippen molar-refractivity contribution in [2.45, 2.75) is 31.8 Å². The molecule has 1 atom stereocenters. The summed E-state index contributed by atoms with van der Waals surface area (Å²) in [7, 11) is 0. The SMILES string of the molecule is O=C1CC[C@@H](N2CCN(C/C=C/c3ccccc3)CC2)CCN1Cc1ccc(F)cc1F. The summed E-state index contributed by atoms with van der Waals surface area (Å²) < 4.78 is 27.2. The van der Waals surface area contributed by atoms with E-state index in [9.17, 15) is 13.6 Å². The van der Waals surface area contributed by atoms with Crippen molar-refractivity contribution in [3.8, 4) is 0 Å². The zero-order valence-electron chi connectivity index (χ0n) is 18.4. The van der Waals surface area contributed by atoms with Gasteiger partial charge in [0.25, 0.3) is 0 Å². The van der Waals surface area contributed by atoms with E-state index in [2.05, 4.69) is 34.1 Å². The van der Waals surface area contributed by atoms with Crippen LogP contribution in [0.2, 0.25) is 0 Å². The Hall–Kier alpha value is -2.57. The molecule has 0 aliphatic carbocycles. The van der Waals surface area contributed by atoms with E-state index in [0.717, 1.165) is 51.6 Å². The monoisotopic (exact) mass is 439 g/mol. The van der Waals surface area contributed by atoms with Gasteiger partial charge in [0.2, 0.25) is 5.91 Å². The Kier molecular flexibility index (Phi) is 7.66. The van der Waals surface area contributed by atoms with Gasteiger partial charge in [-0.3, -0.25) is 14.6 Å². The highest BCUT2D eigenvalue weighted by Crippen LogP contribution is 2.22. The third-order valence-electron chi connectivity index (χ3n) is 6.55. The van der Waals surface area contributed by atoms with E-state index in [-0.39, 0.29) is 12.5 Å². The highest BCUT2D eigenvalue weighted by molar-refractivity contribution is 5.76. The van der Waals surface area contributed by atoms with Crippen LogP contribution >= 0.6 is 0 Å². The molecule has 170 valence electrons. The number of piperazine rings is 1. The summed E-state index contributed by atoms with van der Waals surface area (Å²) in [4.78, 5) is 19.3. The third-order valence-corrected chi connectivity index (χ3v) is 6.55. The number of nitrogens with zero attached hydrogens (tertiary/aromatic N) is 3. The van der Waals surface area contributed by atoms with E-state index < -0.39 is 11.6 Å². The molecule has 2 aliphatic rings. The van der Waals surface area contributed by atoms with Crippen molar-refractivity contribution in [1.82, 2.24) is 14.7 Å². The minimum Gasteiger partial charge on any atom is -0.338 e. The summed E-state index contributed by atoms with van der Waals surface area (Å²) in [5.74, 6) is -1.12. The number of likely N-dealkylation sites (tertiary alicyclic amines) is 1. The van der Waals surface area contributed by atoms with E-state index in [1.165, 1.54) is 17.7 Å². The standard InChI is InChI=1S/C26H31F2N3O/c27-23-9-8-22(25(28)19-23)20-31-14-12-24(10-11-26(31)32)30-17-15-29(16-18-30)13-4-7-21-5-2-1-3-6-21/h1-9,19,24H,10-18,20H2/b7-4+/t24-/m1/s1. The van der Waals surface area contributed by atoms with Gasteiger partial charge in [0, 0.05) is 69.9 Å². The smallest absolute Gasteiger partial charge is 0.222 e. The van der Waals surface area contributed by atoms with E-state index in [1.54, 1.807) is 4.90 Å². The fourth-order valence-electron chi connectivity index (χ4n) is 4.62. The van der Waals surface area contributed by atoms with Crippen LogP contribution in [0.15, 0.2) is 54.6 Å². The summed E-state index contributed by atoms with van der Waals surface area (Å²) in [5, 5.41) is 0. The van der Waals surface area contributed by atoms with Gasteiger partial charge in [0.15, 0.2) is 0 Å². The number of hydrogen-bond acceptors (Lipinski definition) is 3. The third kappa shape index (κ3) is 6.02. The molecule has 1 amide bonds. The van der Waals surface area contributed by atoms with Crippen LogP contribution in [0.1, 0.15) is 30.4 Å². The second-order valence-corrected chi connectivity index (χ2v) is 8.68. The van der Waals surface area contributed by atoms with Crippen molar-refractivity contribution < 1.29 is 13.6 Å². The predicted octanol–water partition coefficient (Wildman–Crippen LogP) is 4.18. The molecule has 2 aliphatic heterocycles. The average molecular weight is 440 g/mol. The zero-order chi connectivity index (χ0) is 22.3. The van der Waals surface area contributed by atoms with E-state index in [4.69, 9.17) is 0 Å². The van der Waals surface area contributed by atoms with Crippen LogP contribution < -0.4 is 0 Å². The Bertz CT molecular complexity index is 926. The number of halogens is 2. The average Bonchev–Trinajstić information content (AvgIpc) is 2.98. The molecule has 0 aromatic heterocycles. The molecule has 32 heavy (non-hydrogen) atoms. The molecule has 2 fully saturated rings. The Balaban J connectivity index is 1.25. The first-order valence-electron chi connectivity index (χ1n) is 11.5. The van der Waals surface area contributed by atoms with Crippen molar-refractivity contribution >= 4 is 12.0 Å². The van der Waals surface area contributed by atoms with Crippen LogP contribution in [-0.2, 0) is 11.3 Å². The molecule has 2 heterocycles. The van der Waals surface area contributed by atoms with Crippen molar-refractivity contribution in [3.05, 3.63) is 77.4 Å². The van der Waals surface area contributed by atoms with Crippen molar-refractivity contribution in [2.24, 2.45) is 0 Å². The second-order valence-electron chi connectivity index (χ2n) is 8.68. The molecular weight excluding hydrogens is 408 g/mol. The van der Waals surface area contributed by atoms with Gasteiger partial charge < -0.3 is 4.90 Å². The highest BCUT2D eigenvalue weighted by atomic mass is 19.1. The van der Waals surface area contributed by atoms with Crippen LogP contribution in [0.3, 0.4) is 0 Å². The van der Waals surface area contributed by atoms with Crippen LogP contribution in [0.25, 0.3) is 6.08 Å². The summed E-state index contributed by atoms with van der Waals surface area (Å²) in [6, 6.07) is 14.3. The molecule has 4 nitrogen and oxygen atoms in total. The molecule has 4 rings (SSSR count). The Labute approximate surface area is 189 Å². The van der Waals surface area contributed by atoms with Gasteiger partial charge >= 0.3 is 0 Å². The molecule has 0 unspecified atom stereocenters. The van der Waals surface area contributed by atoms with E-state index in [1.807, 2.05) is 18.2 Å². The molecule has 0 spiro atoms. The number of carbonyl (C=O) groups excluding carboxylic acids is 1. The van der Waals surface area contributed by atoms with E-state index >= 15 is 0 Å². The Morgan fingerprint density at radius 3 is 2.47 bits per heavy atom. The van der Waals surface area contributed by atoms with E-state index in [0.29, 0.717) is 24.6 Å². The molecule has 2 saturated heterocycles. The lowest BCUT2D eigenvalue weighted by molar-refractivity contribution is -0.131. The maximum Gasteiger partial charge on any atom is 0.222 e. The summed E-state index contributed by atoms with van der Waals surface area (Å²) >= 11 is 0.